The topological polar surface area (TPSA) is 122 Å². The van der Waals surface area contributed by atoms with E-state index in [0.29, 0.717) is 29.1 Å². The molecule has 2 amide bonds. The average Bonchev–Trinajstić information content (AvgIpc) is 3.19. The van der Waals surface area contributed by atoms with Gasteiger partial charge in [-0.2, -0.15) is 0 Å². The number of fused-ring (bicyclic) bond motifs is 2. The molecule has 40 heavy (non-hydrogen) atoms. The number of carbonyl (C=O) groups excluding carboxylic acids is 2. The molecule has 2 N–H and O–H groups in total. The third-order valence-electron chi connectivity index (χ3n) is 6.65. The van der Waals surface area contributed by atoms with Crippen LogP contribution in [0.5, 0.6) is 5.75 Å². The SMILES string of the molecule is CCNC(=O)c1cc(F)c2c(c1)N(Cc1c(C)nc3cc(F)c(-c4cnc(C(C)(C)O)nc4)cn13)C(=O)C(C)O2. The van der Waals surface area contributed by atoms with Crippen LogP contribution in [0.3, 0.4) is 0 Å². The molecule has 0 saturated carbocycles. The first kappa shape index (κ1) is 27.1. The molecule has 10 nitrogen and oxygen atoms in total. The van der Waals surface area contributed by atoms with Gasteiger partial charge in [0.15, 0.2) is 23.5 Å². The first-order valence-corrected chi connectivity index (χ1v) is 12.7. The van der Waals surface area contributed by atoms with Crippen LogP contribution < -0.4 is 15.0 Å². The second-order valence-corrected chi connectivity index (χ2v) is 10.1. The lowest BCUT2D eigenvalue weighted by Crippen LogP contribution is -2.44. The Morgan fingerprint density at radius 1 is 1.18 bits per heavy atom. The number of nitrogens with one attached hydrogen (secondary N) is 1. The van der Waals surface area contributed by atoms with Gasteiger partial charge >= 0.3 is 0 Å². The largest absolute Gasteiger partial charge is 0.476 e. The van der Waals surface area contributed by atoms with Crippen molar-refractivity contribution in [1.29, 1.82) is 0 Å². The zero-order chi connectivity index (χ0) is 28.9. The minimum atomic E-state index is -1.26. The van der Waals surface area contributed by atoms with Gasteiger partial charge in [-0.3, -0.25) is 14.5 Å². The van der Waals surface area contributed by atoms with Crippen LogP contribution in [0.25, 0.3) is 16.8 Å². The van der Waals surface area contributed by atoms with Crippen LogP contribution in [0.2, 0.25) is 0 Å². The number of hydrogen-bond acceptors (Lipinski definition) is 7. The maximum absolute atomic E-state index is 15.2. The van der Waals surface area contributed by atoms with Gasteiger partial charge in [-0.15, -0.1) is 0 Å². The summed E-state index contributed by atoms with van der Waals surface area (Å²) in [7, 11) is 0. The summed E-state index contributed by atoms with van der Waals surface area (Å²) in [6.45, 7) is 8.37. The van der Waals surface area contributed by atoms with E-state index in [1.165, 1.54) is 42.5 Å². The van der Waals surface area contributed by atoms with Gasteiger partial charge in [-0.05, 0) is 46.8 Å². The number of halogens is 2. The molecule has 1 aliphatic rings. The summed E-state index contributed by atoms with van der Waals surface area (Å²) < 4.78 is 37.4. The van der Waals surface area contributed by atoms with E-state index >= 15 is 8.78 Å². The molecule has 0 spiro atoms. The van der Waals surface area contributed by atoms with Gasteiger partial charge < -0.3 is 19.6 Å². The maximum Gasteiger partial charge on any atom is 0.268 e. The number of imidazole rings is 1. The molecule has 0 aliphatic carbocycles. The highest BCUT2D eigenvalue weighted by Crippen LogP contribution is 2.39. The Balaban J connectivity index is 1.60. The maximum atomic E-state index is 15.2. The molecular weight excluding hydrogens is 522 g/mol. The number of benzene rings is 1. The molecule has 1 unspecified atom stereocenters. The molecule has 1 aromatic carbocycles. The van der Waals surface area contributed by atoms with Gasteiger partial charge in [0.1, 0.15) is 17.1 Å². The zero-order valence-electron chi connectivity index (χ0n) is 22.6. The third kappa shape index (κ3) is 4.75. The van der Waals surface area contributed by atoms with Crippen LogP contribution >= 0.6 is 0 Å². The van der Waals surface area contributed by atoms with Gasteiger partial charge in [0.05, 0.1) is 23.6 Å². The average molecular weight is 551 g/mol. The normalized spacial score (nSPS) is 15.2. The lowest BCUT2D eigenvalue weighted by atomic mass is 10.1. The van der Waals surface area contributed by atoms with Crippen molar-refractivity contribution in [3.63, 3.8) is 0 Å². The molecule has 0 fully saturated rings. The number of pyridine rings is 1. The molecule has 4 heterocycles. The van der Waals surface area contributed by atoms with Crippen LogP contribution in [-0.2, 0) is 16.9 Å². The fourth-order valence-electron chi connectivity index (χ4n) is 4.58. The minimum Gasteiger partial charge on any atom is -0.476 e. The van der Waals surface area contributed by atoms with E-state index in [0.717, 1.165) is 6.07 Å². The van der Waals surface area contributed by atoms with E-state index in [4.69, 9.17) is 4.74 Å². The van der Waals surface area contributed by atoms with E-state index in [-0.39, 0.29) is 34.9 Å². The highest BCUT2D eigenvalue weighted by molar-refractivity contribution is 6.02. The summed E-state index contributed by atoms with van der Waals surface area (Å²) >= 11 is 0. The van der Waals surface area contributed by atoms with Crippen molar-refractivity contribution in [3.8, 4) is 16.9 Å². The number of nitrogens with zero attached hydrogens (tertiary/aromatic N) is 5. The van der Waals surface area contributed by atoms with Gasteiger partial charge in [-0.1, -0.05) is 0 Å². The van der Waals surface area contributed by atoms with Gasteiger partial charge in [0, 0.05) is 47.9 Å². The molecule has 3 aromatic heterocycles. The minimum absolute atomic E-state index is 0.0442. The van der Waals surface area contributed by atoms with Gasteiger partial charge in [-0.25, -0.2) is 23.7 Å². The summed E-state index contributed by atoms with van der Waals surface area (Å²) in [4.78, 5) is 39.9. The number of rotatable bonds is 6. The van der Waals surface area contributed by atoms with Crippen LogP contribution in [0, 0.1) is 18.6 Å². The Morgan fingerprint density at radius 2 is 1.88 bits per heavy atom. The van der Waals surface area contributed by atoms with E-state index < -0.39 is 35.2 Å². The fourth-order valence-corrected chi connectivity index (χ4v) is 4.58. The number of aromatic nitrogens is 4. The number of hydrogen-bond donors (Lipinski definition) is 2. The first-order valence-electron chi connectivity index (χ1n) is 12.7. The Bertz CT molecular complexity index is 1650. The Hall–Kier alpha value is -4.45. The van der Waals surface area contributed by atoms with Crippen LogP contribution in [0.15, 0.2) is 36.8 Å². The van der Waals surface area contributed by atoms with Crippen molar-refractivity contribution in [1.82, 2.24) is 24.7 Å². The molecule has 0 bridgehead atoms. The second-order valence-electron chi connectivity index (χ2n) is 10.1. The molecule has 0 saturated heterocycles. The molecule has 4 aromatic rings. The molecule has 0 radical (unpaired) electrons. The molecule has 208 valence electrons. The molecule has 12 heteroatoms. The summed E-state index contributed by atoms with van der Waals surface area (Å²) in [6.07, 6.45) is 3.39. The predicted molar refractivity (Wildman–Crippen MR) is 142 cm³/mol. The summed E-state index contributed by atoms with van der Waals surface area (Å²) in [6, 6.07) is 3.75. The van der Waals surface area contributed by atoms with Gasteiger partial charge in [0.2, 0.25) is 0 Å². The van der Waals surface area contributed by atoms with Crippen molar-refractivity contribution < 1.29 is 28.2 Å². The number of aryl methyl sites for hydroxylation is 1. The predicted octanol–water partition coefficient (Wildman–Crippen LogP) is 3.67. The highest BCUT2D eigenvalue weighted by Gasteiger charge is 2.35. The van der Waals surface area contributed by atoms with Crippen LogP contribution in [0.4, 0.5) is 14.5 Å². The van der Waals surface area contributed by atoms with Crippen LogP contribution in [-0.4, -0.2) is 48.9 Å². The van der Waals surface area contributed by atoms with E-state index in [2.05, 4.69) is 20.3 Å². The summed E-state index contributed by atoms with van der Waals surface area (Å²) in [5, 5.41) is 12.8. The van der Waals surface area contributed by atoms with Crippen molar-refractivity contribution in [2.24, 2.45) is 0 Å². The standard InChI is InChI=1S/C28H28F2N6O4/c1-6-31-25(37)16-7-20(30)24-21(8-16)36(26(38)15(3)40-24)13-22-14(2)34-23-9-19(29)18(12-35(22)23)17-10-32-27(33-11-17)28(4,5)39/h7-12,15,39H,6,13H2,1-5H3,(H,31,37). The number of aliphatic hydroxyl groups is 1. The van der Waals surface area contributed by atoms with Crippen molar-refractivity contribution in [2.75, 3.05) is 11.4 Å². The molecular formula is C28H28F2N6O4. The van der Waals surface area contributed by atoms with E-state index in [1.807, 2.05) is 0 Å². The lowest BCUT2D eigenvalue weighted by molar-refractivity contribution is -0.125. The van der Waals surface area contributed by atoms with Crippen molar-refractivity contribution >= 4 is 23.1 Å². The fraction of sp³-hybridized carbons (Fsp3) is 0.321. The van der Waals surface area contributed by atoms with Gasteiger partial charge in [0.25, 0.3) is 11.8 Å². The number of ether oxygens (including phenoxy) is 1. The van der Waals surface area contributed by atoms with Crippen LogP contribution in [0.1, 0.15) is 55.3 Å². The number of carbonyl (C=O) groups is 2. The Labute approximate surface area is 228 Å². The smallest absolute Gasteiger partial charge is 0.268 e. The second kappa shape index (κ2) is 9.94. The third-order valence-corrected chi connectivity index (χ3v) is 6.65. The Morgan fingerprint density at radius 3 is 2.52 bits per heavy atom. The van der Waals surface area contributed by atoms with E-state index in [9.17, 15) is 14.7 Å². The molecule has 5 rings (SSSR count). The first-order chi connectivity index (χ1) is 18.9. The monoisotopic (exact) mass is 550 g/mol. The van der Waals surface area contributed by atoms with Crippen molar-refractivity contribution in [2.45, 2.75) is 52.9 Å². The summed E-state index contributed by atoms with van der Waals surface area (Å²) in [5.41, 5.74) is 0.824. The molecule has 1 atom stereocenters. The van der Waals surface area contributed by atoms with Crippen molar-refractivity contribution in [3.05, 3.63) is 71.2 Å². The van der Waals surface area contributed by atoms with E-state index in [1.54, 1.807) is 32.1 Å². The number of anilines is 1. The summed E-state index contributed by atoms with van der Waals surface area (Å²) in [5.74, 6) is -2.20. The quantitative estimate of drug-likeness (QED) is 0.376. The Kier molecular flexibility index (Phi) is 6.74. The molecule has 1 aliphatic heterocycles. The lowest BCUT2D eigenvalue weighted by Gasteiger charge is -2.33. The zero-order valence-corrected chi connectivity index (χ0v) is 22.6. The highest BCUT2D eigenvalue weighted by atomic mass is 19.1. The number of amides is 2.